The first kappa shape index (κ1) is 15.3. The Kier molecular flexibility index (Phi) is 5.44. The lowest BCUT2D eigenvalue weighted by atomic mass is 9.85. The maximum atomic E-state index is 9.78. The Morgan fingerprint density at radius 2 is 2.20 bits per heavy atom. The topological polar surface area (TPSA) is 41.5 Å². The molecule has 1 saturated carbocycles. The predicted molar refractivity (Wildman–Crippen MR) is 82.1 cm³/mol. The number of para-hydroxylation sites is 1. The highest BCUT2D eigenvalue weighted by atomic mass is 16.5. The number of aliphatic hydroxyl groups excluding tert-OH is 1. The quantitative estimate of drug-likeness (QED) is 0.805. The SMILES string of the molecule is CCNC1(CO)CCCC1CCOc1ccccc1C. The third-order valence-electron chi connectivity index (χ3n) is 4.59. The van der Waals surface area contributed by atoms with Gasteiger partial charge in [-0.05, 0) is 50.3 Å². The van der Waals surface area contributed by atoms with Gasteiger partial charge in [0.1, 0.15) is 5.75 Å². The highest BCUT2D eigenvalue weighted by molar-refractivity contribution is 5.31. The number of ether oxygens (including phenoxy) is 1. The molecule has 1 fully saturated rings. The molecule has 0 bridgehead atoms. The Balaban J connectivity index is 1.88. The monoisotopic (exact) mass is 277 g/mol. The third kappa shape index (κ3) is 3.33. The number of hydrogen-bond donors (Lipinski definition) is 2. The number of nitrogens with one attached hydrogen (secondary N) is 1. The Bertz CT molecular complexity index is 421. The first-order valence-corrected chi connectivity index (χ1v) is 7.76. The third-order valence-corrected chi connectivity index (χ3v) is 4.59. The van der Waals surface area contributed by atoms with Crippen LogP contribution in [0.3, 0.4) is 0 Å². The molecular weight excluding hydrogens is 250 g/mol. The normalized spacial score (nSPS) is 25.9. The number of aryl methyl sites for hydroxylation is 1. The van der Waals surface area contributed by atoms with Gasteiger partial charge in [0.05, 0.1) is 13.2 Å². The highest BCUT2D eigenvalue weighted by Gasteiger charge is 2.41. The summed E-state index contributed by atoms with van der Waals surface area (Å²) in [6, 6.07) is 8.13. The summed E-state index contributed by atoms with van der Waals surface area (Å²) in [5.41, 5.74) is 1.10. The molecule has 2 N–H and O–H groups in total. The van der Waals surface area contributed by atoms with E-state index in [2.05, 4.69) is 25.2 Å². The summed E-state index contributed by atoms with van der Waals surface area (Å²) in [6.45, 7) is 6.05. The maximum absolute atomic E-state index is 9.78. The first-order valence-electron chi connectivity index (χ1n) is 7.76. The number of rotatable bonds is 7. The van der Waals surface area contributed by atoms with Crippen LogP contribution < -0.4 is 10.1 Å². The molecule has 3 nitrogen and oxygen atoms in total. The van der Waals surface area contributed by atoms with Crippen molar-refractivity contribution in [1.29, 1.82) is 0 Å². The van der Waals surface area contributed by atoms with Gasteiger partial charge in [-0.3, -0.25) is 0 Å². The molecule has 2 atom stereocenters. The van der Waals surface area contributed by atoms with E-state index in [0.717, 1.165) is 31.7 Å². The molecule has 0 aromatic heterocycles. The molecule has 0 heterocycles. The summed E-state index contributed by atoms with van der Waals surface area (Å²) >= 11 is 0. The zero-order valence-electron chi connectivity index (χ0n) is 12.7. The van der Waals surface area contributed by atoms with Crippen LogP contribution in [-0.4, -0.2) is 30.4 Å². The number of likely N-dealkylation sites (N-methyl/N-ethyl adjacent to an activating group) is 1. The Morgan fingerprint density at radius 1 is 1.40 bits per heavy atom. The van der Waals surface area contributed by atoms with E-state index in [0.29, 0.717) is 5.92 Å². The van der Waals surface area contributed by atoms with Crippen molar-refractivity contribution in [3.63, 3.8) is 0 Å². The van der Waals surface area contributed by atoms with Gasteiger partial charge in [-0.25, -0.2) is 0 Å². The second-order valence-corrected chi connectivity index (χ2v) is 5.84. The van der Waals surface area contributed by atoms with Gasteiger partial charge in [0.2, 0.25) is 0 Å². The van der Waals surface area contributed by atoms with E-state index in [-0.39, 0.29) is 12.1 Å². The minimum atomic E-state index is -0.0795. The maximum Gasteiger partial charge on any atom is 0.122 e. The largest absolute Gasteiger partial charge is 0.493 e. The predicted octanol–water partition coefficient (Wildman–Crippen LogP) is 2.90. The van der Waals surface area contributed by atoms with Crippen molar-refractivity contribution < 1.29 is 9.84 Å². The molecule has 1 aliphatic rings. The summed E-state index contributed by atoms with van der Waals surface area (Å²) in [6.07, 6.45) is 4.46. The van der Waals surface area contributed by atoms with E-state index < -0.39 is 0 Å². The van der Waals surface area contributed by atoms with Crippen molar-refractivity contribution >= 4 is 0 Å². The van der Waals surface area contributed by atoms with Crippen LogP contribution in [0.4, 0.5) is 0 Å². The minimum Gasteiger partial charge on any atom is -0.493 e. The summed E-state index contributed by atoms with van der Waals surface area (Å²) in [5, 5.41) is 13.3. The average molecular weight is 277 g/mol. The van der Waals surface area contributed by atoms with Crippen LogP contribution in [0.1, 0.15) is 38.2 Å². The molecule has 2 rings (SSSR count). The number of aliphatic hydroxyl groups is 1. The first-order chi connectivity index (χ1) is 9.72. The zero-order chi connectivity index (χ0) is 14.4. The van der Waals surface area contributed by atoms with Gasteiger partial charge < -0.3 is 15.2 Å². The summed E-state index contributed by atoms with van der Waals surface area (Å²) < 4.78 is 5.91. The van der Waals surface area contributed by atoms with Gasteiger partial charge in [-0.1, -0.05) is 31.5 Å². The molecule has 2 unspecified atom stereocenters. The lowest BCUT2D eigenvalue weighted by molar-refractivity contribution is 0.111. The second kappa shape index (κ2) is 7.09. The molecule has 1 aromatic carbocycles. The van der Waals surface area contributed by atoms with Crippen molar-refractivity contribution in [3.05, 3.63) is 29.8 Å². The molecule has 1 aromatic rings. The Labute approximate surface area is 122 Å². The smallest absolute Gasteiger partial charge is 0.122 e. The van der Waals surface area contributed by atoms with E-state index in [1.54, 1.807) is 0 Å². The fourth-order valence-electron chi connectivity index (χ4n) is 3.44. The zero-order valence-corrected chi connectivity index (χ0v) is 12.7. The molecule has 0 spiro atoms. The van der Waals surface area contributed by atoms with Crippen LogP contribution in [0.15, 0.2) is 24.3 Å². The van der Waals surface area contributed by atoms with Crippen LogP contribution in [-0.2, 0) is 0 Å². The van der Waals surface area contributed by atoms with E-state index >= 15 is 0 Å². The molecule has 112 valence electrons. The summed E-state index contributed by atoms with van der Waals surface area (Å²) in [7, 11) is 0. The Hall–Kier alpha value is -1.06. The fraction of sp³-hybridized carbons (Fsp3) is 0.647. The van der Waals surface area contributed by atoms with Crippen molar-refractivity contribution in [2.24, 2.45) is 5.92 Å². The molecule has 0 radical (unpaired) electrons. The highest BCUT2D eigenvalue weighted by Crippen LogP contribution is 2.37. The van der Waals surface area contributed by atoms with E-state index in [1.807, 2.05) is 18.2 Å². The van der Waals surface area contributed by atoms with Gasteiger partial charge in [0, 0.05) is 5.54 Å². The van der Waals surface area contributed by atoms with Gasteiger partial charge in [0.25, 0.3) is 0 Å². The average Bonchev–Trinajstić information content (AvgIpc) is 2.85. The van der Waals surface area contributed by atoms with Crippen LogP contribution >= 0.6 is 0 Å². The fourth-order valence-corrected chi connectivity index (χ4v) is 3.44. The van der Waals surface area contributed by atoms with Crippen molar-refractivity contribution in [2.75, 3.05) is 19.8 Å². The van der Waals surface area contributed by atoms with Crippen LogP contribution in [0.25, 0.3) is 0 Å². The lowest BCUT2D eigenvalue weighted by Gasteiger charge is -2.35. The molecule has 0 aliphatic heterocycles. The molecule has 0 amide bonds. The van der Waals surface area contributed by atoms with Crippen LogP contribution in [0.5, 0.6) is 5.75 Å². The van der Waals surface area contributed by atoms with E-state index in [9.17, 15) is 5.11 Å². The standard InChI is InChI=1S/C17H27NO2/c1-3-18-17(13-19)11-6-8-15(17)10-12-20-16-9-5-4-7-14(16)2/h4-5,7,9,15,18-19H,3,6,8,10-13H2,1-2H3. The van der Waals surface area contributed by atoms with Crippen molar-refractivity contribution in [1.82, 2.24) is 5.32 Å². The van der Waals surface area contributed by atoms with E-state index in [4.69, 9.17) is 4.74 Å². The van der Waals surface area contributed by atoms with Crippen molar-refractivity contribution in [3.8, 4) is 5.75 Å². The number of benzene rings is 1. The van der Waals surface area contributed by atoms with Gasteiger partial charge in [-0.2, -0.15) is 0 Å². The van der Waals surface area contributed by atoms with Crippen LogP contribution in [0.2, 0.25) is 0 Å². The molecule has 0 saturated heterocycles. The molecule has 20 heavy (non-hydrogen) atoms. The number of hydrogen-bond acceptors (Lipinski definition) is 3. The van der Waals surface area contributed by atoms with E-state index in [1.165, 1.54) is 18.4 Å². The summed E-state index contributed by atoms with van der Waals surface area (Å²) in [4.78, 5) is 0. The van der Waals surface area contributed by atoms with Crippen LogP contribution in [0, 0.1) is 12.8 Å². The molecule has 3 heteroatoms. The Morgan fingerprint density at radius 3 is 2.90 bits per heavy atom. The molecular formula is C17H27NO2. The second-order valence-electron chi connectivity index (χ2n) is 5.84. The lowest BCUT2D eigenvalue weighted by Crippen LogP contribution is -2.51. The minimum absolute atomic E-state index is 0.0795. The summed E-state index contributed by atoms with van der Waals surface area (Å²) in [5.74, 6) is 1.49. The molecule has 1 aliphatic carbocycles. The van der Waals surface area contributed by atoms with Crippen molar-refractivity contribution in [2.45, 2.75) is 45.1 Å². The van der Waals surface area contributed by atoms with Gasteiger partial charge >= 0.3 is 0 Å². The van der Waals surface area contributed by atoms with Gasteiger partial charge in [-0.15, -0.1) is 0 Å². The van der Waals surface area contributed by atoms with Gasteiger partial charge in [0.15, 0.2) is 0 Å².